The fraction of sp³-hybridized carbons (Fsp3) is 0.677. The number of carbonyl (C=O) groups is 2. The molecule has 39 heavy (non-hydrogen) atoms. The lowest BCUT2D eigenvalue weighted by Gasteiger charge is -2.29. The average molecular weight is 569 g/mol. The first kappa shape index (κ1) is 36.9. The number of halogens is 1. The predicted molar refractivity (Wildman–Crippen MR) is 161 cm³/mol. The SMILES string of the molecule is CCCCNC(=O)C(C)C[C@H](O)[C@@H](N)C[C@H](Cc1ccc(C(C)(C)C)cc1OCC=CC(=O)OC)C(C)C.Cl. The minimum absolute atomic E-state index is 0. The molecule has 0 saturated heterocycles. The van der Waals surface area contributed by atoms with Gasteiger partial charge >= 0.3 is 5.97 Å². The van der Waals surface area contributed by atoms with E-state index in [1.165, 1.54) is 13.2 Å². The van der Waals surface area contributed by atoms with Crippen LogP contribution in [0.5, 0.6) is 5.75 Å². The molecule has 1 amide bonds. The van der Waals surface area contributed by atoms with Crippen molar-refractivity contribution in [2.24, 2.45) is 23.5 Å². The summed E-state index contributed by atoms with van der Waals surface area (Å²) in [6, 6.07) is 5.89. The maximum Gasteiger partial charge on any atom is 0.330 e. The van der Waals surface area contributed by atoms with E-state index in [2.05, 4.69) is 69.8 Å². The fourth-order valence-corrected chi connectivity index (χ4v) is 4.26. The van der Waals surface area contributed by atoms with E-state index in [0.29, 0.717) is 25.3 Å². The number of esters is 1. The molecule has 0 saturated carbocycles. The molecule has 0 fully saturated rings. The third-order valence-corrected chi connectivity index (χ3v) is 7.09. The Balaban J connectivity index is 0.0000144. The average Bonchev–Trinajstić information content (AvgIpc) is 2.85. The van der Waals surface area contributed by atoms with Crippen molar-refractivity contribution in [3.63, 3.8) is 0 Å². The summed E-state index contributed by atoms with van der Waals surface area (Å²) in [6.07, 6.45) is 5.92. The molecule has 0 aliphatic heterocycles. The molecule has 0 bridgehead atoms. The van der Waals surface area contributed by atoms with Crippen molar-refractivity contribution in [2.45, 2.75) is 98.1 Å². The lowest BCUT2D eigenvalue weighted by molar-refractivity contribution is -0.134. The van der Waals surface area contributed by atoms with Crippen LogP contribution in [-0.4, -0.2) is 49.4 Å². The molecule has 0 spiro atoms. The second kappa shape index (κ2) is 18.3. The second-order valence-electron chi connectivity index (χ2n) is 11.8. The zero-order valence-corrected chi connectivity index (χ0v) is 26.1. The number of rotatable bonds is 16. The van der Waals surface area contributed by atoms with E-state index >= 15 is 0 Å². The van der Waals surface area contributed by atoms with Crippen LogP contribution in [0.4, 0.5) is 0 Å². The first-order chi connectivity index (χ1) is 17.8. The van der Waals surface area contributed by atoms with Crippen LogP contribution in [-0.2, 0) is 26.2 Å². The van der Waals surface area contributed by atoms with E-state index in [4.69, 9.17) is 10.5 Å². The van der Waals surface area contributed by atoms with Crippen LogP contribution in [0, 0.1) is 17.8 Å². The molecular weight excluding hydrogens is 516 g/mol. The lowest BCUT2D eigenvalue weighted by atomic mass is 9.81. The summed E-state index contributed by atoms with van der Waals surface area (Å²) >= 11 is 0. The number of amides is 1. The molecular formula is C31H53ClN2O5. The molecule has 8 heteroatoms. The maximum atomic E-state index is 12.3. The Kier molecular flexibility index (Phi) is 17.3. The van der Waals surface area contributed by atoms with Gasteiger partial charge in [-0.05, 0) is 66.2 Å². The Bertz CT molecular complexity index is 897. The van der Waals surface area contributed by atoms with Gasteiger partial charge in [0.1, 0.15) is 12.4 Å². The monoisotopic (exact) mass is 568 g/mol. The summed E-state index contributed by atoms with van der Waals surface area (Å²) in [6.45, 7) is 15.6. The number of methoxy groups -OCH3 is 1. The van der Waals surface area contributed by atoms with Gasteiger partial charge in [-0.1, -0.05) is 67.0 Å². The third-order valence-electron chi connectivity index (χ3n) is 7.09. The Hall–Kier alpha value is -2.09. The van der Waals surface area contributed by atoms with E-state index < -0.39 is 18.1 Å². The van der Waals surface area contributed by atoms with Crippen LogP contribution in [0.1, 0.15) is 85.3 Å². The number of hydrogen-bond donors (Lipinski definition) is 3. The number of carbonyl (C=O) groups excluding carboxylic acids is 2. The largest absolute Gasteiger partial charge is 0.489 e. The standard InChI is InChI=1S/C31H52N2O5.ClH/c1-9-10-15-33-30(36)22(4)17-27(34)26(32)19-24(21(2)3)18-23-13-14-25(31(5,6)7)20-28(23)38-16-11-12-29(35)37-8;/h11-14,20-22,24,26-27,34H,9-10,15-19,32H2,1-8H3,(H,33,36);1H/t22?,24-,26-,27-;/m0./s1. The second-order valence-corrected chi connectivity index (χ2v) is 11.8. The highest BCUT2D eigenvalue weighted by Gasteiger charge is 2.27. The predicted octanol–water partition coefficient (Wildman–Crippen LogP) is 5.35. The molecule has 7 nitrogen and oxygen atoms in total. The molecule has 4 N–H and O–H groups in total. The summed E-state index contributed by atoms with van der Waals surface area (Å²) in [5.74, 6) is 0.571. The van der Waals surface area contributed by atoms with Crippen LogP contribution in [0.3, 0.4) is 0 Å². The summed E-state index contributed by atoms with van der Waals surface area (Å²) in [5.41, 5.74) is 8.66. The van der Waals surface area contributed by atoms with Crippen LogP contribution in [0.25, 0.3) is 0 Å². The van der Waals surface area contributed by atoms with Crippen LogP contribution in [0.15, 0.2) is 30.4 Å². The molecule has 4 atom stereocenters. The fourth-order valence-electron chi connectivity index (χ4n) is 4.26. The van der Waals surface area contributed by atoms with Crippen molar-refractivity contribution in [2.75, 3.05) is 20.3 Å². The van der Waals surface area contributed by atoms with Gasteiger partial charge in [-0.25, -0.2) is 4.79 Å². The van der Waals surface area contributed by atoms with E-state index in [0.717, 1.165) is 36.1 Å². The van der Waals surface area contributed by atoms with Crippen molar-refractivity contribution in [3.8, 4) is 5.75 Å². The molecule has 1 aromatic rings. The maximum absolute atomic E-state index is 12.3. The number of unbranched alkanes of at least 4 members (excludes halogenated alkanes) is 1. The van der Waals surface area contributed by atoms with E-state index in [9.17, 15) is 14.7 Å². The van der Waals surface area contributed by atoms with Crippen molar-refractivity contribution < 1.29 is 24.2 Å². The Morgan fingerprint density at radius 1 is 1.15 bits per heavy atom. The van der Waals surface area contributed by atoms with Gasteiger partial charge in [-0.3, -0.25) is 4.79 Å². The molecule has 1 unspecified atom stereocenters. The highest BCUT2D eigenvalue weighted by molar-refractivity contribution is 5.85. The smallest absolute Gasteiger partial charge is 0.330 e. The van der Waals surface area contributed by atoms with Crippen LogP contribution < -0.4 is 15.8 Å². The first-order valence-corrected chi connectivity index (χ1v) is 14.0. The topological polar surface area (TPSA) is 111 Å². The van der Waals surface area contributed by atoms with Crippen molar-refractivity contribution in [1.82, 2.24) is 5.32 Å². The molecule has 0 aliphatic rings. The normalized spacial score (nSPS) is 14.8. The summed E-state index contributed by atoms with van der Waals surface area (Å²) < 4.78 is 10.7. The summed E-state index contributed by atoms with van der Waals surface area (Å²) in [7, 11) is 1.34. The highest BCUT2D eigenvalue weighted by atomic mass is 35.5. The van der Waals surface area contributed by atoms with E-state index in [-0.39, 0.29) is 42.2 Å². The lowest BCUT2D eigenvalue weighted by Crippen LogP contribution is -2.41. The highest BCUT2D eigenvalue weighted by Crippen LogP contribution is 2.33. The number of nitrogens with one attached hydrogen (secondary N) is 1. The molecule has 0 heterocycles. The van der Waals surface area contributed by atoms with Crippen molar-refractivity contribution in [3.05, 3.63) is 41.5 Å². The zero-order chi connectivity index (χ0) is 28.9. The van der Waals surface area contributed by atoms with E-state index in [1.807, 2.05) is 6.92 Å². The van der Waals surface area contributed by atoms with Gasteiger partial charge in [0.25, 0.3) is 0 Å². The molecule has 0 radical (unpaired) electrons. The molecule has 1 rings (SSSR count). The summed E-state index contributed by atoms with van der Waals surface area (Å²) in [4.78, 5) is 23.7. The Morgan fingerprint density at radius 3 is 2.38 bits per heavy atom. The van der Waals surface area contributed by atoms with Crippen LogP contribution in [0.2, 0.25) is 0 Å². The quantitative estimate of drug-likeness (QED) is 0.141. The van der Waals surface area contributed by atoms with Crippen molar-refractivity contribution in [1.29, 1.82) is 0 Å². The van der Waals surface area contributed by atoms with Gasteiger partial charge in [0.2, 0.25) is 5.91 Å². The Morgan fingerprint density at radius 2 is 1.82 bits per heavy atom. The number of benzene rings is 1. The number of hydrogen-bond acceptors (Lipinski definition) is 6. The van der Waals surface area contributed by atoms with Gasteiger partial charge in [-0.15, -0.1) is 12.4 Å². The molecule has 0 aliphatic carbocycles. The summed E-state index contributed by atoms with van der Waals surface area (Å²) in [5, 5.41) is 13.8. The van der Waals surface area contributed by atoms with Crippen molar-refractivity contribution >= 4 is 24.3 Å². The van der Waals surface area contributed by atoms with E-state index in [1.54, 1.807) is 6.08 Å². The van der Waals surface area contributed by atoms with Gasteiger partial charge in [0, 0.05) is 24.6 Å². The van der Waals surface area contributed by atoms with Gasteiger partial charge in [0.15, 0.2) is 0 Å². The first-order valence-electron chi connectivity index (χ1n) is 14.0. The zero-order valence-electron chi connectivity index (χ0n) is 25.3. The number of ether oxygens (including phenoxy) is 2. The minimum atomic E-state index is -0.759. The third kappa shape index (κ3) is 13.7. The molecule has 0 aromatic heterocycles. The van der Waals surface area contributed by atoms with Gasteiger partial charge in [-0.2, -0.15) is 0 Å². The number of aliphatic hydroxyl groups is 1. The minimum Gasteiger partial charge on any atom is -0.489 e. The van der Waals surface area contributed by atoms with Gasteiger partial charge < -0.3 is 25.6 Å². The molecule has 224 valence electrons. The molecule has 1 aromatic carbocycles. The Labute approximate surface area is 242 Å². The van der Waals surface area contributed by atoms with Gasteiger partial charge in [0.05, 0.1) is 13.2 Å². The van der Waals surface area contributed by atoms with Crippen LogP contribution >= 0.6 is 12.4 Å². The number of aliphatic hydroxyl groups excluding tert-OH is 1. The number of nitrogens with two attached hydrogens (primary N) is 1.